The SMILES string of the molecule is Cc1c(-c2nsc(NC(=O)c3ccc(Br)cc3)n2)nnn1-c1ccc(Br)cc1. The van der Waals surface area contributed by atoms with Gasteiger partial charge in [0.2, 0.25) is 5.13 Å². The number of amides is 1. The van der Waals surface area contributed by atoms with Gasteiger partial charge in [-0.3, -0.25) is 10.1 Å². The average molecular weight is 520 g/mol. The lowest BCUT2D eigenvalue weighted by Gasteiger charge is -2.03. The van der Waals surface area contributed by atoms with Gasteiger partial charge in [-0.15, -0.1) is 5.10 Å². The zero-order valence-electron chi connectivity index (χ0n) is 14.4. The molecule has 7 nitrogen and oxygen atoms in total. The number of hydrogen-bond acceptors (Lipinski definition) is 6. The van der Waals surface area contributed by atoms with Crippen LogP contribution in [-0.4, -0.2) is 30.3 Å². The van der Waals surface area contributed by atoms with Crippen LogP contribution in [0, 0.1) is 6.92 Å². The average Bonchev–Trinajstić information content (AvgIpc) is 3.29. The standard InChI is InChI=1S/C18H12Br2N6OS/c1-10-15(23-25-26(10)14-8-6-13(20)7-9-14)16-21-18(28-24-16)22-17(27)11-2-4-12(19)5-3-11/h2-9H,1H3,(H,21,22,24,27). The van der Waals surface area contributed by atoms with Crippen molar-refractivity contribution in [2.24, 2.45) is 0 Å². The number of halogens is 2. The van der Waals surface area contributed by atoms with Gasteiger partial charge in [0.05, 0.1) is 11.4 Å². The van der Waals surface area contributed by atoms with Crippen molar-refractivity contribution in [2.75, 3.05) is 5.32 Å². The number of hydrogen-bond donors (Lipinski definition) is 1. The molecule has 0 aliphatic carbocycles. The van der Waals surface area contributed by atoms with Crippen LogP contribution >= 0.6 is 43.4 Å². The number of benzene rings is 2. The second kappa shape index (κ2) is 7.90. The number of rotatable bonds is 4. The summed E-state index contributed by atoms with van der Waals surface area (Å²) in [6, 6.07) is 14.8. The Morgan fingerprint density at radius 2 is 1.68 bits per heavy atom. The first kappa shape index (κ1) is 18.9. The third kappa shape index (κ3) is 3.89. The second-order valence-corrected chi connectivity index (χ2v) is 8.38. The molecule has 0 radical (unpaired) electrons. The predicted octanol–water partition coefficient (Wildman–Crippen LogP) is 4.87. The van der Waals surface area contributed by atoms with Gasteiger partial charge in [-0.1, -0.05) is 37.1 Å². The largest absolute Gasteiger partial charge is 0.297 e. The topological polar surface area (TPSA) is 85.6 Å². The maximum Gasteiger partial charge on any atom is 0.257 e. The quantitative estimate of drug-likeness (QED) is 0.415. The Hall–Kier alpha value is -2.43. The van der Waals surface area contributed by atoms with Crippen LogP contribution in [0.5, 0.6) is 0 Å². The van der Waals surface area contributed by atoms with E-state index >= 15 is 0 Å². The highest BCUT2D eigenvalue weighted by atomic mass is 79.9. The third-order valence-corrected chi connectivity index (χ3v) is 5.62. The van der Waals surface area contributed by atoms with Crippen LogP contribution in [0.1, 0.15) is 16.1 Å². The van der Waals surface area contributed by atoms with Gasteiger partial charge < -0.3 is 0 Å². The molecule has 0 fully saturated rings. The van der Waals surface area contributed by atoms with Gasteiger partial charge in [0, 0.05) is 26.0 Å². The van der Waals surface area contributed by atoms with Crippen LogP contribution in [-0.2, 0) is 0 Å². The Morgan fingerprint density at radius 1 is 1.04 bits per heavy atom. The summed E-state index contributed by atoms with van der Waals surface area (Å²) in [7, 11) is 0. The van der Waals surface area contributed by atoms with E-state index in [9.17, 15) is 4.79 Å². The molecule has 0 aliphatic rings. The molecular formula is C18H12Br2N6OS. The number of carbonyl (C=O) groups is 1. The van der Waals surface area contributed by atoms with E-state index in [1.807, 2.05) is 43.3 Å². The zero-order valence-corrected chi connectivity index (χ0v) is 18.4. The summed E-state index contributed by atoms with van der Waals surface area (Å²) in [4.78, 5) is 16.7. The summed E-state index contributed by atoms with van der Waals surface area (Å²) >= 11 is 7.87. The summed E-state index contributed by atoms with van der Waals surface area (Å²) in [6.45, 7) is 1.90. The van der Waals surface area contributed by atoms with E-state index in [1.165, 1.54) is 0 Å². The highest BCUT2D eigenvalue weighted by molar-refractivity contribution is 9.10. The van der Waals surface area contributed by atoms with Crippen molar-refractivity contribution in [3.05, 3.63) is 68.7 Å². The highest BCUT2D eigenvalue weighted by Crippen LogP contribution is 2.24. The lowest BCUT2D eigenvalue weighted by molar-refractivity contribution is 0.102. The number of carbonyl (C=O) groups excluding carboxylic acids is 1. The van der Waals surface area contributed by atoms with Crippen molar-refractivity contribution in [3.63, 3.8) is 0 Å². The van der Waals surface area contributed by atoms with Gasteiger partial charge in [-0.25, -0.2) is 4.68 Å². The maximum atomic E-state index is 12.3. The molecule has 0 saturated heterocycles. The minimum Gasteiger partial charge on any atom is -0.297 e. The van der Waals surface area contributed by atoms with Crippen LogP contribution < -0.4 is 5.32 Å². The first-order valence-corrected chi connectivity index (χ1v) is 10.5. The number of nitrogens with zero attached hydrogens (tertiary/aromatic N) is 5. The highest BCUT2D eigenvalue weighted by Gasteiger charge is 2.18. The van der Waals surface area contributed by atoms with E-state index in [4.69, 9.17) is 0 Å². The molecule has 2 aromatic carbocycles. The van der Waals surface area contributed by atoms with Crippen LogP contribution in [0.25, 0.3) is 17.2 Å². The smallest absolute Gasteiger partial charge is 0.257 e. The Balaban J connectivity index is 1.55. The van der Waals surface area contributed by atoms with Gasteiger partial charge >= 0.3 is 0 Å². The lowest BCUT2D eigenvalue weighted by Crippen LogP contribution is -2.11. The minimum absolute atomic E-state index is 0.245. The molecule has 0 atom stereocenters. The Bertz CT molecular complexity index is 1140. The van der Waals surface area contributed by atoms with E-state index in [0.717, 1.165) is 31.9 Å². The summed E-state index contributed by atoms with van der Waals surface area (Å²) in [6.07, 6.45) is 0. The summed E-state index contributed by atoms with van der Waals surface area (Å²) < 4.78 is 7.94. The summed E-state index contributed by atoms with van der Waals surface area (Å²) in [5.41, 5.74) is 2.81. The van der Waals surface area contributed by atoms with Crippen LogP contribution in [0.15, 0.2) is 57.5 Å². The summed E-state index contributed by atoms with van der Waals surface area (Å²) in [5.74, 6) is 0.183. The van der Waals surface area contributed by atoms with E-state index in [2.05, 4.69) is 56.8 Å². The molecule has 2 heterocycles. The maximum absolute atomic E-state index is 12.3. The minimum atomic E-state index is -0.245. The lowest BCUT2D eigenvalue weighted by atomic mass is 10.2. The molecule has 4 aromatic rings. The van der Waals surface area contributed by atoms with Crippen LogP contribution in [0.2, 0.25) is 0 Å². The van der Waals surface area contributed by atoms with Gasteiger partial charge in [0.1, 0.15) is 0 Å². The van der Waals surface area contributed by atoms with Gasteiger partial charge in [0.15, 0.2) is 11.5 Å². The second-order valence-electron chi connectivity index (χ2n) is 5.80. The fourth-order valence-corrected chi connectivity index (χ4v) is 3.60. The molecule has 10 heteroatoms. The Morgan fingerprint density at radius 3 is 2.36 bits per heavy atom. The molecule has 140 valence electrons. The normalized spacial score (nSPS) is 10.8. The first-order valence-electron chi connectivity index (χ1n) is 8.10. The fourth-order valence-electron chi connectivity index (χ4n) is 2.50. The molecular weight excluding hydrogens is 508 g/mol. The molecule has 0 unspecified atom stereocenters. The van der Waals surface area contributed by atoms with E-state index in [1.54, 1.807) is 16.8 Å². The van der Waals surface area contributed by atoms with E-state index < -0.39 is 0 Å². The fraction of sp³-hybridized carbons (Fsp3) is 0.0556. The van der Waals surface area contributed by atoms with E-state index in [0.29, 0.717) is 22.2 Å². The third-order valence-electron chi connectivity index (χ3n) is 3.93. The molecule has 4 rings (SSSR count). The van der Waals surface area contributed by atoms with Crippen molar-refractivity contribution in [1.29, 1.82) is 0 Å². The molecule has 0 bridgehead atoms. The molecule has 2 aromatic heterocycles. The van der Waals surface area contributed by atoms with E-state index in [-0.39, 0.29) is 5.91 Å². The first-order chi connectivity index (χ1) is 13.5. The summed E-state index contributed by atoms with van der Waals surface area (Å²) in [5, 5.41) is 11.6. The predicted molar refractivity (Wildman–Crippen MR) is 115 cm³/mol. The van der Waals surface area contributed by atoms with Crippen molar-refractivity contribution in [3.8, 4) is 17.2 Å². The zero-order chi connectivity index (χ0) is 19.7. The number of anilines is 1. The Labute approximate surface area is 181 Å². The van der Waals surface area contributed by atoms with Crippen LogP contribution in [0.4, 0.5) is 5.13 Å². The number of aromatic nitrogens is 5. The molecule has 0 aliphatic heterocycles. The Kier molecular flexibility index (Phi) is 5.33. The molecule has 0 spiro atoms. The monoisotopic (exact) mass is 518 g/mol. The van der Waals surface area contributed by atoms with Crippen molar-refractivity contribution in [1.82, 2.24) is 24.4 Å². The van der Waals surface area contributed by atoms with Gasteiger partial charge in [-0.05, 0) is 55.5 Å². The van der Waals surface area contributed by atoms with Crippen molar-refractivity contribution in [2.45, 2.75) is 6.92 Å². The number of nitrogens with one attached hydrogen (secondary N) is 1. The van der Waals surface area contributed by atoms with Gasteiger partial charge in [-0.2, -0.15) is 9.36 Å². The van der Waals surface area contributed by atoms with Crippen molar-refractivity contribution < 1.29 is 4.79 Å². The molecule has 1 amide bonds. The van der Waals surface area contributed by atoms with Crippen LogP contribution in [0.3, 0.4) is 0 Å². The molecule has 0 saturated carbocycles. The van der Waals surface area contributed by atoms with Gasteiger partial charge in [0.25, 0.3) is 5.91 Å². The molecule has 28 heavy (non-hydrogen) atoms. The van der Waals surface area contributed by atoms with Crippen molar-refractivity contribution >= 4 is 54.4 Å². The molecule has 1 N–H and O–H groups in total.